The second-order valence-corrected chi connectivity index (χ2v) is 11.1. The second kappa shape index (κ2) is 7.92. The van der Waals surface area contributed by atoms with E-state index < -0.39 is 34.9 Å². The zero-order valence-electron chi connectivity index (χ0n) is 20.0. The van der Waals surface area contributed by atoms with Crippen LogP contribution in [0.2, 0.25) is 0 Å². The van der Waals surface area contributed by atoms with Crippen molar-refractivity contribution in [1.29, 1.82) is 0 Å². The molecule has 0 radical (unpaired) electrons. The van der Waals surface area contributed by atoms with Gasteiger partial charge in [-0.1, -0.05) is 20.8 Å². The van der Waals surface area contributed by atoms with Crippen molar-refractivity contribution in [2.45, 2.75) is 90.4 Å². The van der Waals surface area contributed by atoms with Gasteiger partial charge in [0.1, 0.15) is 5.65 Å². The Morgan fingerprint density at radius 1 is 1.20 bits per heavy atom. The fourth-order valence-electron chi connectivity index (χ4n) is 4.90. The molecule has 3 amide bonds. The number of hydrogen-bond donors (Lipinski definition) is 3. The Labute approximate surface area is 200 Å². The quantitative estimate of drug-likeness (QED) is 0.606. The molecule has 3 N–H and O–H groups in total. The lowest BCUT2D eigenvalue weighted by molar-refractivity contribution is -0.0499. The molecule has 5 rings (SSSR count). The first kappa shape index (κ1) is 23.6. The second-order valence-electron chi connectivity index (χ2n) is 11.1. The Morgan fingerprint density at radius 3 is 2.46 bits per heavy atom. The molecule has 2 aromatic rings. The molecule has 3 heterocycles. The standard InChI is InChI=1S/C23H30F2N6O4/c1-22(2,3)11-30-18-14-10-29(13-6-8-23(24,25)9-7-13)21(35)27-16(14)28-31(18)20(34)15(19(30)33)17(32)26-12-4-5-12/h12-13,33H,4-11H2,1-3H3,(H,26,32)(H,27,28,35). The van der Waals surface area contributed by atoms with Crippen LogP contribution in [0.5, 0.6) is 5.88 Å². The van der Waals surface area contributed by atoms with Crippen LogP contribution in [0.15, 0.2) is 4.79 Å². The molecule has 2 aliphatic carbocycles. The SMILES string of the molecule is CC(C)(C)Cn1c(O)c(C(=O)NC2CC2)c(=O)n2nc3c(c12)CN(C1CCC(F)(F)CC1)C(=O)N3. The molecule has 2 saturated carbocycles. The van der Waals surface area contributed by atoms with Crippen molar-refractivity contribution in [3.63, 3.8) is 0 Å². The molecule has 2 aromatic heterocycles. The van der Waals surface area contributed by atoms with E-state index in [0.29, 0.717) is 5.56 Å². The Morgan fingerprint density at radius 2 is 1.86 bits per heavy atom. The van der Waals surface area contributed by atoms with Gasteiger partial charge in [0, 0.05) is 31.5 Å². The lowest BCUT2D eigenvalue weighted by atomic mass is 9.91. The largest absolute Gasteiger partial charge is 0.494 e. The van der Waals surface area contributed by atoms with Gasteiger partial charge in [-0.3, -0.25) is 19.5 Å². The van der Waals surface area contributed by atoms with Crippen molar-refractivity contribution >= 4 is 23.4 Å². The molecule has 0 spiro atoms. The van der Waals surface area contributed by atoms with Gasteiger partial charge in [0.05, 0.1) is 12.1 Å². The van der Waals surface area contributed by atoms with Crippen LogP contribution in [0, 0.1) is 5.41 Å². The molecule has 2 fully saturated rings. The van der Waals surface area contributed by atoms with E-state index in [0.717, 1.165) is 17.4 Å². The number of anilines is 1. The van der Waals surface area contributed by atoms with Crippen molar-refractivity contribution in [3.8, 4) is 5.88 Å². The molecular formula is C23H30F2N6O4. The first-order valence-electron chi connectivity index (χ1n) is 12.0. The number of nitrogens with one attached hydrogen (secondary N) is 2. The smallest absolute Gasteiger partial charge is 0.323 e. The number of carbonyl (C=O) groups is 2. The number of carbonyl (C=O) groups excluding carboxylic acids is 2. The highest BCUT2D eigenvalue weighted by molar-refractivity contribution is 5.97. The summed E-state index contributed by atoms with van der Waals surface area (Å²) in [5.41, 5.74) is -0.764. The van der Waals surface area contributed by atoms with Gasteiger partial charge < -0.3 is 15.3 Å². The van der Waals surface area contributed by atoms with Gasteiger partial charge >= 0.3 is 6.03 Å². The van der Waals surface area contributed by atoms with Gasteiger partial charge in [0.2, 0.25) is 11.8 Å². The minimum atomic E-state index is -2.73. The molecule has 0 unspecified atom stereocenters. The fraction of sp³-hybridized carbons (Fsp3) is 0.652. The summed E-state index contributed by atoms with van der Waals surface area (Å²) in [6, 6.07) is -0.867. The van der Waals surface area contributed by atoms with Crippen LogP contribution < -0.4 is 16.2 Å². The summed E-state index contributed by atoms with van der Waals surface area (Å²) in [4.78, 5) is 40.5. The summed E-state index contributed by atoms with van der Waals surface area (Å²) in [7, 11) is 0. The molecule has 12 heteroatoms. The first-order chi connectivity index (χ1) is 16.3. The number of rotatable bonds is 4. The summed E-state index contributed by atoms with van der Waals surface area (Å²) < 4.78 is 29.9. The zero-order valence-corrected chi connectivity index (χ0v) is 20.0. The summed E-state index contributed by atoms with van der Waals surface area (Å²) >= 11 is 0. The highest BCUT2D eigenvalue weighted by Gasteiger charge is 2.41. The number of halogens is 2. The molecule has 1 aliphatic heterocycles. The van der Waals surface area contributed by atoms with Gasteiger partial charge in [-0.25, -0.2) is 13.6 Å². The van der Waals surface area contributed by atoms with E-state index in [1.807, 2.05) is 20.8 Å². The molecule has 0 atom stereocenters. The van der Waals surface area contributed by atoms with Crippen LogP contribution in [0.25, 0.3) is 5.65 Å². The van der Waals surface area contributed by atoms with Gasteiger partial charge in [-0.2, -0.15) is 4.52 Å². The van der Waals surface area contributed by atoms with E-state index in [2.05, 4.69) is 15.7 Å². The van der Waals surface area contributed by atoms with Crippen LogP contribution in [0.1, 0.15) is 75.2 Å². The monoisotopic (exact) mass is 492 g/mol. The summed E-state index contributed by atoms with van der Waals surface area (Å²) in [5, 5.41) is 20.9. The number of aromatic nitrogens is 3. The van der Waals surface area contributed by atoms with E-state index in [9.17, 15) is 28.3 Å². The number of nitrogens with zero attached hydrogens (tertiary/aromatic N) is 4. The summed E-state index contributed by atoms with van der Waals surface area (Å²) in [5.74, 6) is -3.69. The average Bonchev–Trinajstić information content (AvgIpc) is 3.48. The van der Waals surface area contributed by atoms with E-state index in [4.69, 9.17) is 0 Å². The maximum absolute atomic E-state index is 13.7. The Bertz CT molecular complexity index is 1260. The van der Waals surface area contributed by atoms with Gasteiger partial charge in [0.15, 0.2) is 11.4 Å². The predicted octanol–water partition coefficient (Wildman–Crippen LogP) is 3.07. The third kappa shape index (κ3) is 4.34. The minimum Gasteiger partial charge on any atom is -0.494 e. The Hall–Kier alpha value is -3.18. The van der Waals surface area contributed by atoms with Crippen molar-refractivity contribution in [3.05, 3.63) is 21.5 Å². The third-order valence-electron chi connectivity index (χ3n) is 6.81. The first-order valence-corrected chi connectivity index (χ1v) is 12.0. The number of aromatic hydroxyl groups is 1. The maximum atomic E-state index is 13.7. The van der Waals surface area contributed by atoms with Crippen LogP contribution >= 0.6 is 0 Å². The van der Waals surface area contributed by atoms with Crippen molar-refractivity contribution in [2.24, 2.45) is 5.41 Å². The Balaban J connectivity index is 1.61. The van der Waals surface area contributed by atoms with E-state index >= 15 is 0 Å². The maximum Gasteiger partial charge on any atom is 0.323 e. The number of urea groups is 1. The average molecular weight is 493 g/mol. The minimum absolute atomic E-state index is 0.0189. The molecule has 0 aromatic carbocycles. The number of hydrogen-bond acceptors (Lipinski definition) is 5. The molecule has 3 aliphatic rings. The van der Waals surface area contributed by atoms with E-state index in [1.54, 1.807) is 0 Å². The molecule has 10 nitrogen and oxygen atoms in total. The third-order valence-corrected chi connectivity index (χ3v) is 6.81. The van der Waals surface area contributed by atoms with Gasteiger partial charge in [-0.15, -0.1) is 5.10 Å². The normalized spacial score (nSPS) is 20.6. The number of alkyl halides is 2. The number of fused-ring (bicyclic) bond motifs is 3. The highest BCUT2D eigenvalue weighted by Crippen LogP contribution is 2.38. The van der Waals surface area contributed by atoms with E-state index in [-0.39, 0.29) is 67.7 Å². The molecular weight excluding hydrogens is 462 g/mol. The lowest BCUT2D eigenvalue weighted by Crippen LogP contribution is -2.47. The molecule has 190 valence electrons. The molecule has 35 heavy (non-hydrogen) atoms. The summed E-state index contributed by atoms with van der Waals surface area (Å²) in [6.07, 6.45) is 1.38. The van der Waals surface area contributed by atoms with Gasteiger partial charge in [-0.05, 0) is 31.1 Å². The Kier molecular flexibility index (Phi) is 5.33. The lowest BCUT2D eigenvalue weighted by Gasteiger charge is -2.38. The van der Waals surface area contributed by atoms with Crippen LogP contribution in [0.4, 0.5) is 19.4 Å². The van der Waals surface area contributed by atoms with Crippen molar-refractivity contribution < 1.29 is 23.5 Å². The van der Waals surface area contributed by atoms with Gasteiger partial charge in [0.25, 0.3) is 11.5 Å². The van der Waals surface area contributed by atoms with Crippen LogP contribution in [0.3, 0.4) is 0 Å². The molecule has 0 saturated heterocycles. The van der Waals surface area contributed by atoms with E-state index in [1.165, 1.54) is 9.47 Å². The van der Waals surface area contributed by atoms with Crippen LogP contribution in [-0.4, -0.2) is 54.1 Å². The summed E-state index contributed by atoms with van der Waals surface area (Å²) in [6.45, 7) is 6.16. The molecule has 0 bridgehead atoms. The van der Waals surface area contributed by atoms with Crippen molar-refractivity contribution in [1.82, 2.24) is 24.4 Å². The number of amides is 3. The van der Waals surface area contributed by atoms with Crippen LogP contribution in [-0.2, 0) is 13.1 Å². The fourth-order valence-corrected chi connectivity index (χ4v) is 4.90. The predicted molar refractivity (Wildman–Crippen MR) is 123 cm³/mol. The van der Waals surface area contributed by atoms with Crippen molar-refractivity contribution in [2.75, 3.05) is 5.32 Å². The highest BCUT2D eigenvalue weighted by atomic mass is 19.3. The zero-order chi connectivity index (χ0) is 25.3. The topological polar surface area (TPSA) is 121 Å².